The number of carbonyl (C=O) groups is 1. The number of anilines is 1. The molecular formula is C17H19N5O. The molecule has 1 aromatic carbocycles. The molecule has 23 heavy (non-hydrogen) atoms. The summed E-state index contributed by atoms with van der Waals surface area (Å²) in [5, 5.41) is 4.47. The van der Waals surface area contributed by atoms with E-state index in [0.29, 0.717) is 11.6 Å². The average Bonchev–Trinajstić information content (AvgIpc) is 3.15. The Balaban J connectivity index is 1.69. The smallest absolute Gasteiger partial charge is 0.280 e. The molecule has 0 aliphatic carbocycles. The highest BCUT2D eigenvalue weighted by molar-refractivity contribution is 6.04. The SMILES string of the molecule is CN(C(=O)c1cc2n(n1)CCCC2)c1nc2ccccc2n1C. The number of fused-ring (bicyclic) bond motifs is 2. The van der Waals surface area contributed by atoms with Crippen LogP contribution in [0.3, 0.4) is 0 Å². The van der Waals surface area contributed by atoms with Crippen LogP contribution in [0.5, 0.6) is 0 Å². The summed E-state index contributed by atoms with van der Waals surface area (Å²) >= 11 is 0. The molecule has 0 spiro atoms. The third-order valence-electron chi connectivity index (χ3n) is 4.50. The van der Waals surface area contributed by atoms with Crippen molar-refractivity contribution in [3.8, 4) is 0 Å². The molecule has 0 atom stereocenters. The zero-order chi connectivity index (χ0) is 16.0. The van der Waals surface area contributed by atoms with Crippen molar-refractivity contribution in [2.75, 3.05) is 11.9 Å². The molecule has 0 saturated heterocycles. The summed E-state index contributed by atoms with van der Waals surface area (Å²) in [5.74, 6) is 0.507. The molecule has 0 fully saturated rings. The average molecular weight is 309 g/mol. The van der Waals surface area contributed by atoms with Gasteiger partial charge in [-0.1, -0.05) is 12.1 Å². The van der Waals surface area contributed by atoms with Gasteiger partial charge in [0, 0.05) is 26.3 Å². The first-order chi connectivity index (χ1) is 11.1. The van der Waals surface area contributed by atoms with Crippen molar-refractivity contribution in [2.24, 2.45) is 7.05 Å². The number of aromatic nitrogens is 4. The fourth-order valence-corrected chi connectivity index (χ4v) is 3.22. The molecule has 0 radical (unpaired) electrons. The number of nitrogens with zero attached hydrogens (tertiary/aromatic N) is 5. The first-order valence-corrected chi connectivity index (χ1v) is 7.91. The van der Waals surface area contributed by atoms with E-state index in [1.165, 1.54) is 6.42 Å². The van der Waals surface area contributed by atoms with Crippen LogP contribution in [-0.2, 0) is 20.0 Å². The van der Waals surface area contributed by atoms with E-state index in [0.717, 1.165) is 36.1 Å². The summed E-state index contributed by atoms with van der Waals surface area (Å²) in [6, 6.07) is 9.79. The lowest BCUT2D eigenvalue weighted by Gasteiger charge is -2.15. The Bertz CT molecular complexity index is 868. The number of imidazole rings is 1. The monoisotopic (exact) mass is 309 g/mol. The summed E-state index contributed by atoms with van der Waals surface area (Å²) in [5.41, 5.74) is 3.54. The van der Waals surface area contributed by atoms with E-state index in [9.17, 15) is 4.79 Å². The number of carbonyl (C=O) groups excluding carboxylic acids is 1. The summed E-state index contributed by atoms with van der Waals surface area (Å²) < 4.78 is 3.89. The molecule has 1 aliphatic rings. The highest BCUT2D eigenvalue weighted by Crippen LogP contribution is 2.22. The number of benzene rings is 1. The minimum atomic E-state index is -0.120. The second kappa shape index (κ2) is 5.22. The topological polar surface area (TPSA) is 56.0 Å². The predicted molar refractivity (Wildman–Crippen MR) is 88.6 cm³/mol. The molecule has 3 heterocycles. The van der Waals surface area contributed by atoms with E-state index in [-0.39, 0.29) is 5.91 Å². The summed E-state index contributed by atoms with van der Waals surface area (Å²) in [4.78, 5) is 18.9. The standard InChI is InChI=1S/C17H19N5O/c1-20-15-9-4-3-8-13(15)18-17(20)21(2)16(23)14-11-12-7-5-6-10-22(12)19-14/h3-4,8-9,11H,5-7,10H2,1-2H3. The van der Waals surface area contributed by atoms with E-state index in [1.807, 2.05) is 46.6 Å². The van der Waals surface area contributed by atoms with Crippen LogP contribution in [0.2, 0.25) is 0 Å². The van der Waals surface area contributed by atoms with Gasteiger partial charge in [-0.05, 0) is 37.5 Å². The Morgan fingerprint density at radius 2 is 2.09 bits per heavy atom. The molecule has 0 unspecified atom stereocenters. The van der Waals surface area contributed by atoms with Gasteiger partial charge in [-0.15, -0.1) is 0 Å². The number of aryl methyl sites for hydroxylation is 3. The number of rotatable bonds is 2. The van der Waals surface area contributed by atoms with Gasteiger partial charge in [0.15, 0.2) is 5.69 Å². The molecule has 2 aromatic heterocycles. The lowest BCUT2D eigenvalue weighted by molar-refractivity contribution is 0.0985. The first-order valence-electron chi connectivity index (χ1n) is 7.91. The third kappa shape index (κ3) is 2.21. The zero-order valence-electron chi connectivity index (χ0n) is 13.4. The second-order valence-corrected chi connectivity index (χ2v) is 6.02. The molecule has 6 nitrogen and oxygen atoms in total. The van der Waals surface area contributed by atoms with Gasteiger partial charge < -0.3 is 4.57 Å². The van der Waals surface area contributed by atoms with Gasteiger partial charge in [-0.25, -0.2) is 4.98 Å². The molecule has 118 valence electrons. The Kier molecular flexibility index (Phi) is 3.18. The fraction of sp³-hybridized carbons (Fsp3) is 0.353. The molecule has 0 bridgehead atoms. The number of para-hydroxylation sites is 2. The minimum absolute atomic E-state index is 0.120. The maximum absolute atomic E-state index is 12.8. The van der Waals surface area contributed by atoms with Crippen LogP contribution in [0, 0.1) is 0 Å². The van der Waals surface area contributed by atoms with E-state index in [1.54, 1.807) is 11.9 Å². The Labute approximate surface area is 134 Å². The molecule has 0 saturated carbocycles. The fourth-order valence-electron chi connectivity index (χ4n) is 3.22. The highest BCUT2D eigenvalue weighted by atomic mass is 16.2. The molecule has 1 amide bonds. The van der Waals surface area contributed by atoms with Gasteiger partial charge in [0.05, 0.1) is 11.0 Å². The van der Waals surface area contributed by atoms with Crippen LogP contribution in [0.15, 0.2) is 30.3 Å². The lowest BCUT2D eigenvalue weighted by atomic mass is 10.1. The van der Waals surface area contributed by atoms with Gasteiger partial charge in [0.25, 0.3) is 5.91 Å². The number of hydrogen-bond acceptors (Lipinski definition) is 3. The summed E-state index contributed by atoms with van der Waals surface area (Å²) in [6.45, 7) is 0.901. The molecule has 1 aliphatic heterocycles. The van der Waals surface area contributed by atoms with Crippen molar-refractivity contribution < 1.29 is 4.79 Å². The van der Waals surface area contributed by atoms with Crippen LogP contribution < -0.4 is 4.90 Å². The minimum Gasteiger partial charge on any atom is -0.313 e. The Morgan fingerprint density at radius 1 is 1.26 bits per heavy atom. The number of amides is 1. The van der Waals surface area contributed by atoms with Crippen molar-refractivity contribution in [1.29, 1.82) is 0 Å². The number of hydrogen-bond donors (Lipinski definition) is 0. The van der Waals surface area contributed by atoms with Crippen molar-refractivity contribution in [1.82, 2.24) is 19.3 Å². The van der Waals surface area contributed by atoms with Crippen LogP contribution in [0.4, 0.5) is 5.95 Å². The van der Waals surface area contributed by atoms with Gasteiger partial charge in [0.2, 0.25) is 5.95 Å². The van der Waals surface area contributed by atoms with Gasteiger partial charge in [0.1, 0.15) is 0 Å². The quantitative estimate of drug-likeness (QED) is 0.730. The van der Waals surface area contributed by atoms with Crippen molar-refractivity contribution in [2.45, 2.75) is 25.8 Å². The van der Waals surface area contributed by atoms with Crippen molar-refractivity contribution in [3.63, 3.8) is 0 Å². The van der Waals surface area contributed by atoms with Gasteiger partial charge >= 0.3 is 0 Å². The maximum atomic E-state index is 12.8. The van der Waals surface area contributed by atoms with Crippen molar-refractivity contribution in [3.05, 3.63) is 41.7 Å². The highest BCUT2D eigenvalue weighted by Gasteiger charge is 2.23. The first kappa shape index (κ1) is 14.0. The van der Waals surface area contributed by atoms with E-state index in [2.05, 4.69) is 10.1 Å². The maximum Gasteiger partial charge on any atom is 0.280 e. The van der Waals surface area contributed by atoms with Crippen LogP contribution in [0.1, 0.15) is 29.0 Å². The van der Waals surface area contributed by atoms with Crippen LogP contribution >= 0.6 is 0 Å². The second-order valence-electron chi connectivity index (χ2n) is 6.02. The van der Waals surface area contributed by atoms with Crippen LogP contribution in [-0.4, -0.2) is 32.3 Å². The summed E-state index contributed by atoms with van der Waals surface area (Å²) in [6.07, 6.45) is 3.29. The molecular weight excluding hydrogens is 290 g/mol. The molecule has 3 aromatic rings. The molecule has 4 rings (SSSR count). The predicted octanol–water partition coefficient (Wildman–Crippen LogP) is 2.38. The van der Waals surface area contributed by atoms with E-state index in [4.69, 9.17) is 0 Å². The van der Waals surface area contributed by atoms with Crippen molar-refractivity contribution >= 4 is 22.9 Å². The normalized spacial score (nSPS) is 14.0. The third-order valence-corrected chi connectivity index (χ3v) is 4.50. The van der Waals surface area contributed by atoms with E-state index < -0.39 is 0 Å². The zero-order valence-corrected chi connectivity index (χ0v) is 13.4. The van der Waals surface area contributed by atoms with E-state index >= 15 is 0 Å². The molecule has 6 heteroatoms. The van der Waals surface area contributed by atoms with Crippen LogP contribution in [0.25, 0.3) is 11.0 Å². The van der Waals surface area contributed by atoms with Gasteiger partial charge in [-0.3, -0.25) is 14.4 Å². The van der Waals surface area contributed by atoms with Gasteiger partial charge in [-0.2, -0.15) is 5.10 Å². The molecule has 0 N–H and O–H groups in total. The lowest BCUT2D eigenvalue weighted by Crippen LogP contribution is -2.29. The Hall–Kier alpha value is -2.63. The largest absolute Gasteiger partial charge is 0.313 e. The summed E-state index contributed by atoms with van der Waals surface area (Å²) in [7, 11) is 3.68. The Morgan fingerprint density at radius 3 is 2.87 bits per heavy atom.